The molecule has 0 spiro atoms. The van der Waals surface area contributed by atoms with Crippen LogP contribution in [0.2, 0.25) is 0 Å². The third kappa shape index (κ3) is 4.52. The molecule has 0 N–H and O–H groups in total. The highest BCUT2D eigenvalue weighted by Gasteiger charge is 2.27. The molecule has 1 aromatic carbocycles. The van der Waals surface area contributed by atoms with Crippen molar-refractivity contribution < 1.29 is 22.7 Å². The topological polar surface area (TPSA) is 84.0 Å². The lowest BCUT2D eigenvalue weighted by Gasteiger charge is -2.30. The Morgan fingerprint density at radius 3 is 2.72 bits per heavy atom. The zero-order chi connectivity index (χ0) is 21.0. The summed E-state index contributed by atoms with van der Waals surface area (Å²) in [5.41, 5.74) is 2.06. The number of hydrogen-bond acceptors (Lipinski definition) is 6. The van der Waals surface area contributed by atoms with Gasteiger partial charge in [-0.3, -0.25) is 4.79 Å². The molecule has 0 saturated heterocycles. The fraction of sp³-hybridized carbons (Fsp3) is 0.400. The van der Waals surface area contributed by atoms with Gasteiger partial charge in [0.2, 0.25) is 5.91 Å². The summed E-state index contributed by atoms with van der Waals surface area (Å²) in [4.78, 5) is 26.5. The molecule has 0 radical (unpaired) electrons. The molecule has 1 aromatic heterocycles. The van der Waals surface area contributed by atoms with Gasteiger partial charge in [0.05, 0.1) is 12.7 Å². The molecule has 156 valence electrons. The van der Waals surface area contributed by atoms with Crippen molar-refractivity contribution in [2.24, 2.45) is 0 Å². The maximum absolute atomic E-state index is 12.8. The molecule has 9 heteroatoms. The van der Waals surface area contributed by atoms with Crippen LogP contribution in [0, 0.1) is 0 Å². The van der Waals surface area contributed by atoms with Gasteiger partial charge in [0.25, 0.3) is 10.0 Å². The molecule has 2 aromatic rings. The molecular formula is C20H24N2O5S2. The number of hydrogen-bond donors (Lipinski definition) is 0. The molecule has 0 aliphatic carbocycles. The van der Waals surface area contributed by atoms with Crippen LogP contribution >= 0.6 is 11.3 Å². The van der Waals surface area contributed by atoms with Crippen molar-refractivity contribution in [3.8, 4) is 0 Å². The van der Waals surface area contributed by atoms with E-state index in [0.717, 1.165) is 17.7 Å². The monoisotopic (exact) mass is 436 g/mol. The van der Waals surface area contributed by atoms with E-state index in [2.05, 4.69) is 0 Å². The maximum atomic E-state index is 12.8. The van der Waals surface area contributed by atoms with E-state index in [4.69, 9.17) is 4.74 Å². The lowest BCUT2D eigenvalue weighted by atomic mass is 9.96. The van der Waals surface area contributed by atoms with E-state index in [1.54, 1.807) is 34.5 Å². The van der Waals surface area contributed by atoms with Gasteiger partial charge < -0.3 is 9.64 Å². The van der Waals surface area contributed by atoms with Crippen LogP contribution in [0.25, 0.3) is 0 Å². The van der Waals surface area contributed by atoms with E-state index in [9.17, 15) is 18.0 Å². The molecule has 0 unspecified atom stereocenters. The Hall–Kier alpha value is -2.23. The number of ether oxygens (including phenoxy) is 1. The second kappa shape index (κ2) is 9.06. The summed E-state index contributed by atoms with van der Waals surface area (Å²) in [6, 6.07) is 8.57. The zero-order valence-corrected chi connectivity index (χ0v) is 18.1. The minimum atomic E-state index is -3.51. The van der Waals surface area contributed by atoms with Crippen LogP contribution in [0.4, 0.5) is 5.69 Å². The summed E-state index contributed by atoms with van der Waals surface area (Å²) >= 11 is 1.18. The van der Waals surface area contributed by atoms with Crippen LogP contribution < -0.4 is 4.90 Å². The first-order valence-electron chi connectivity index (χ1n) is 9.36. The predicted octanol–water partition coefficient (Wildman–Crippen LogP) is 2.91. The van der Waals surface area contributed by atoms with Crippen LogP contribution in [-0.2, 0) is 26.0 Å². The molecule has 1 amide bonds. The number of esters is 1. The summed E-state index contributed by atoms with van der Waals surface area (Å²) in [6.45, 7) is 0.842. The van der Waals surface area contributed by atoms with E-state index < -0.39 is 16.0 Å². The Kier molecular flexibility index (Phi) is 6.71. The van der Waals surface area contributed by atoms with Crippen molar-refractivity contribution in [1.82, 2.24) is 4.31 Å². The number of anilines is 1. The second-order valence-electron chi connectivity index (χ2n) is 6.81. The fourth-order valence-corrected chi connectivity index (χ4v) is 5.87. The summed E-state index contributed by atoms with van der Waals surface area (Å²) in [6.07, 6.45) is 2.13. The van der Waals surface area contributed by atoms with Crippen LogP contribution in [0.5, 0.6) is 0 Å². The van der Waals surface area contributed by atoms with Gasteiger partial charge in [-0.15, -0.1) is 11.3 Å². The highest BCUT2D eigenvalue weighted by Crippen LogP contribution is 2.31. The van der Waals surface area contributed by atoms with E-state index >= 15 is 0 Å². The van der Waals surface area contributed by atoms with Gasteiger partial charge in [0.15, 0.2) is 0 Å². The normalized spacial score (nSPS) is 14.0. The molecule has 1 aliphatic heterocycles. The molecular weight excluding hydrogens is 412 g/mol. The summed E-state index contributed by atoms with van der Waals surface area (Å²) in [5, 5.41) is 1.72. The predicted molar refractivity (Wildman–Crippen MR) is 112 cm³/mol. The summed E-state index contributed by atoms with van der Waals surface area (Å²) in [5.74, 6) is -0.480. The standard InChI is InChI=1S/C20H24N2O5S2/c1-21(29(25,26)19-11-6-14-28-19)12-5-10-18(23)22-13-4-8-15-16(20(24)27-2)7-3-9-17(15)22/h3,6-7,9,11,14H,4-5,8,10,12-13H2,1-2H3. The SMILES string of the molecule is COC(=O)c1cccc2c1CCCN2C(=O)CCCN(C)S(=O)(=O)c1cccs1. The number of benzene rings is 1. The van der Waals surface area contributed by atoms with Gasteiger partial charge in [-0.25, -0.2) is 17.5 Å². The Morgan fingerprint density at radius 2 is 2.03 bits per heavy atom. The fourth-order valence-electron chi connectivity index (χ4n) is 3.46. The number of thiophene rings is 1. The average Bonchev–Trinajstić information content (AvgIpc) is 3.27. The highest BCUT2D eigenvalue weighted by atomic mass is 32.2. The maximum Gasteiger partial charge on any atom is 0.338 e. The molecule has 0 fully saturated rings. The number of nitrogens with zero attached hydrogens (tertiary/aromatic N) is 2. The van der Waals surface area contributed by atoms with E-state index in [1.807, 2.05) is 6.07 Å². The molecule has 0 atom stereocenters. The molecule has 3 rings (SSSR count). The smallest absolute Gasteiger partial charge is 0.338 e. The van der Waals surface area contributed by atoms with E-state index in [0.29, 0.717) is 29.2 Å². The Morgan fingerprint density at radius 1 is 1.24 bits per heavy atom. The average molecular weight is 437 g/mol. The summed E-state index contributed by atoms with van der Waals surface area (Å²) in [7, 11) is -0.642. The number of rotatable bonds is 7. The number of sulfonamides is 1. The number of methoxy groups -OCH3 is 1. The van der Waals surface area contributed by atoms with Crippen molar-refractivity contribution in [1.29, 1.82) is 0 Å². The first-order chi connectivity index (χ1) is 13.9. The molecule has 0 saturated carbocycles. The minimum Gasteiger partial charge on any atom is -0.465 e. The van der Waals surface area contributed by atoms with Gasteiger partial charge in [-0.05, 0) is 48.4 Å². The van der Waals surface area contributed by atoms with Gasteiger partial charge in [0, 0.05) is 32.2 Å². The first kappa shape index (κ1) is 21.5. The van der Waals surface area contributed by atoms with Crippen molar-refractivity contribution >= 4 is 38.9 Å². The zero-order valence-electron chi connectivity index (χ0n) is 16.5. The second-order valence-corrected chi connectivity index (χ2v) is 10.0. The molecule has 0 bridgehead atoms. The molecule has 1 aliphatic rings. The van der Waals surface area contributed by atoms with Crippen molar-refractivity contribution in [3.05, 3.63) is 46.8 Å². The van der Waals surface area contributed by atoms with E-state index in [1.165, 1.54) is 29.8 Å². The highest BCUT2D eigenvalue weighted by molar-refractivity contribution is 7.91. The van der Waals surface area contributed by atoms with Crippen molar-refractivity contribution in [2.45, 2.75) is 29.9 Å². The molecule has 29 heavy (non-hydrogen) atoms. The largest absolute Gasteiger partial charge is 0.465 e. The lowest BCUT2D eigenvalue weighted by molar-refractivity contribution is -0.118. The van der Waals surface area contributed by atoms with Crippen LogP contribution in [0.15, 0.2) is 39.9 Å². The Bertz CT molecular complexity index is 986. The van der Waals surface area contributed by atoms with Crippen LogP contribution in [-0.4, -0.2) is 51.8 Å². The minimum absolute atomic E-state index is 0.0742. The van der Waals surface area contributed by atoms with Gasteiger partial charge >= 0.3 is 5.97 Å². The number of carbonyl (C=O) groups is 2. The van der Waals surface area contributed by atoms with Gasteiger partial charge in [0.1, 0.15) is 4.21 Å². The van der Waals surface area contributed by atoms with Crippen molar-refractivity contribution in [3.63, 3.8) is 0 Å². The van der Waals surface area contributed by atoms with Crippen LogP contribution in [0.3, 0.4) is 0 Å². The number of fused-ring (bicyclic) bond motifs is 1. The Balaban J connectivity index is 1.65. The van der Waals surface area contributed by atoms with Crippen molar-refractivity contribution in [2.75, 3.05) is 32.1 Å². The third-order valence-electron chi connectivity index (χ3n) is 4.98. The first-order valence-corrected chi connectivity index (χ1v) is 11.7. The number of carbonyl (C=O) groups excluding carboxylic acids is 2. The quantitative estimate of drug-likeness (QED) is 0.623. The lowest BCUT2D eigenvalue weighted by Crippen LogP contribution is -2.36. The van der Waals surface area contributed by atoms with Gasteiger partial charge in [-0.2, -0.15) is 0 Å². The third-order valence-corrected chi connectivity index (χ3v) is 8.21. The summed E-state index contributed by atoms with van der Waals surface area (Å²) < 4.78 is 31.4. The molecule has 2 heterocycles. The van der Waals surface area contributed by atoms with Gasteiger partial charge in [-0.1, -0.05) is 12.1 Å². The Labute approximate surface area is 174 Å². The number of amides is 1. The molecule has 7 nitrogen and oxygen atoms in total. The van der Waals surface area contributed by atoms with Crippen LogP contribution in [0.1, 0.15) is 35.2 Å². The van der Waals surface area contributed by atoms with E-state index in [-0.39, 0.29) is 18.9 Å².